The zero-order chi connectivity index (χ0) is 12.3. The van der Waals surface area contributed by atoms with Crippen molar-refractivity contribution in [2.75, 3.05) is 5.73 Å². The fourth-order valence-electron chi connectivity index (χ4n) is 1.45. The highest BCUT2D eigenvalue weighted by molar-refractivity contribution is 6.30. The molecule has 0 fully saturated rings. The number of ether oxygens (including phenoxy) is 1. The van der Waals surface area contributed by atoms with Crippen LogP contribution in [0.2, 0.25) is 5.02 Å². The molecule has 0 aliphatic carbocycles. The Balaban J connectivity index is 2.26. The number of aliphatic hydroxyl groups is 1. The normalized spacial score (nSPS) is 10.2. The SMILES string of the molecule is Nc1ccc(Oc2ccc(Cl)cc2)c(CO)c1. The van der Waals surface area contributed by atoms with Gasteiger partial charge in [0.2, 0.25) is 0 Å². The topological polar surface area (TPSA) is 55.5 Å². The second-order valence-electron chi connectivity index (χ2n) is 3.58. The lowest BCUT2D eigenvalue weighted by Gasteiger charge is -2.10. The van der Waals surface area contributed by atoms with Crippen molar-refractivity contribution in [2.45, 2.75) is 6.61 Å². The van der Waals surface area contributed by atoms with Gasteiger partial charge in [0.15, 0.2) is 0 Å². The van der Waals surface area contributed by atoms with E-state index in [0.29, 0.717) is 27.8 Å². The number of hydrogen-bond donors (Lipinski definition) is 2. The van der Waals surface area contributed by atoms with Crippen LogP contribution in [-0.4, -0.2) is 5.11 Å². The van der Waals surface area contributed by atoms with Gasteiger partial charge in [-0.1, -0.05) is 11.6 Å². The first-order valence-corrected chi connectivity index (χ1v) is 5.49. The van der Waals surface area contributed by atoms with E-state index in [0.717, 1.165) is 0 Å². The molecule has 2 rings (SSSR count). The van der Waals surface area contributed by atoms with Crippen molar-refractivity contribution < 1.29 is 9.84 Å². The van der Waals surface area contributed by atoms with E-state index in [1.807, 2.05) is 0 Å². The summed E-state index contributed by atoms with van der Waals surface area (Å²) in [5, 5.41) is 9.86. The summed E-state index contributed by atoms with van der Waals surface area (Å²) in [6.45, 7) is -0.117. The van der Waals surface area contributed by atoms with Crippen LogP contribution >= 0.6 is 11.6 Å². The van der Waals surface area contributed by atoms with Gasteiger partial charge in [0.25, 0.3) is 0 Å². The molecule has 3 nitrogen and oxygen atoms in total. The second-order valence-corrected chi connectivity index (χ2v) is 4.02. The number of benzene rings is 2. The number of aliphatic hydroxyl groups excluding tert-OH is 1. The first kappa shape index (κ1) is 11.8. The van der Waals surface area contributed by atoms with Crippen molar-refractivity contribution >= 4 is 17.3 Å². The van der Waals surface area contributed by atoms with Gasteiger partial charge in [0, 0.05) is 16.3 Å². The zero-order valence-electron chi connectivity index (χ0n) is 9.06. The van der Waals surface area contributed by atoms with E-state index in [-0.39, 0.29) is 6.61 Å². The summed E-state index contributed by atoms with van der Waals surface area (Å²) < 4.78 is 5.64. The van der Waals surface area contributed by atoms with Crippen LogP contribution in [0.15, 0.2) is 42.5 Å². The van der Waals surface area contributed by atoms with Crippen molar-refractivity contribution in [2.24, 2.45) is 0 Å². The minimum atomic E-state index is -0.117. The second kappa shape index (κ2) is 5.08. The van der Waals surface area contributed by atoms with Crippen LogP contribution in [0.3, 0.4) is 0 Å². The standard InChI is InChI=1S/C13H12ClNO2/c14-10-1-4-12(5-2-10)17-13-6-3-11(15)7-9(13)8-16/h1-7,16H,8,15H2. The summed E-state index contributed by atoms with van der Waals surface area (Å²) >= 11 is 5.78. The predicted molar refractivity (Wildman–Crippen MR) is 68.3 cm³/mol. The van der Waals surface area contributed by atoms with Crippen molar-refractivity contribution in [3.63, 3.8) is 0 Å². The molecule has 4 heteroatoms. The monoisotopic (exact) mass is 249 g/mol. The number of nitrogens with two attached hydrogens (primary N) is 1. The third-order valence-corrected chi connectivity index (χ3v) is 2.55. The Labute approximate surface area is 104 Å². The number of anilines is 1. The molecule has 0 amide bonds. The van der Waals surface area contributed by atoms with Crippen LogP contribution in [0.1, 0.15) is 5.56 Å². The molecule has 0 saturated carbocycles. The predicted octanol–water partition coefficient (Wildman–Crippen LogP) is 3.21. The highest BCUT2D eigenvalue weighted by atomic mass is 35.5. The van der Waals surface area contributed by atoms with Gasteiger partial charge in [-0.3, -0.25) is 0 Å². The molecule has 0 aliphatic rings. The van der Waals surface area contributed by atoms with Gasteiger partial charge in [-0.15, -0.1) is 0 Å². The zero-order valence-corrected chi connectivity index (χ0v) is 9.82. The van der Waals surface area contributed by atoms with Gasteiger partial charge in [-0.2, -0.15) is 0 Å². The maximum absolute atomic E-state index is 9.21. The van der Waals surface area contributed by atoms with Gasteiger partial charge < -0.3 is 15.6 Å². The Bertz CT molecular complexity index is 511. The molecule has 3 N–H and O–H groups in total. The van der Waals surface area contributed by atoms with E-state index < -0.39 is 0 Å². The third kappa shape index (κ3) is 2.90. The molecule has 0 saturated heterocycles. The van der Waals surface area contributed by atoms with Crippen LogP contribution < -0.4 is 10.5 Å². The number of rotatable bonds is 3. The maximum atomic E-state index is 9.21. The molecule has 0 radical (unpaired) electrons. The molecular weight excluding hydrogens is 238 g/mol. The van der Waals surface area contributed by atoms with Gasteiger partial charge in [-0.25, -0.2) is 0 Å². The Hall–Kier alpha value is -1.71. The Morgan fingerprint density at radius 1 is 1.12 bits per heavy atom. The van der Waals surface area contributed by atoms with E-state index in [2.05, 4.69) is 0 Å². The van der Waals surface area contributed by atoms with Gasteiger partial charge in [-0.05, 0) is 42.5 Å². The van der Waals surface area contributed by atoms with Crippen LogP contribution in [0.25, 0.3) is 0 Å². The minimum Gasteiger partial charge on any atom is -0.457 e. The summed E-state index contributed by atoms with van der Waals surface area (Å²) in [6.07, 6.45) is 0. The molecule has 0 atom stereocenters. The minimum absolute atomic E-state index is 0.117. The average molecular weight is 250 g/mol. The smallest absolute Gasteiger partial charge is 0.133 e. The molecule has 0 unspecified atom stereocenters. The summed E-state index contributed by atoms with van der Waals surface area (Å²) in [4.78, 5) is 0. The highest BCUT2D eigenvalue weighted by Gasteiger charge is 2.04. The molecule has 2 aromatic rings. The Morgan fingerprint density at radius 3 is 2.47 bits per heavy atom. The van der Waals surface area contributed by atoms with Crippen molar-refractivity contribution in [1.29, 1.82) is 0 Å². The largest absolute Gasteiger partial charge is 0.457 e. The maximum Gasteiger partial charge on any atom is 0.133 e. The lowest BCUT2D eigenvalue weighted by Crippen LogP contribution is -1.94. The molecule has 2 aromatic carbocycles. The van der Waals surface area contributed by atoms with Crippen LogP contribution in [-0.2, 0) is 6.61 Å². The molecule has 88 valence electrons. The van der Waals surface area contributed by atoms with Gasteiger partial charge in [0.1, 0.15) is 11.5 Å². The lowest BCUT2D eigenvalue weighted by molar-refractivity contribution is 0.276. The number of nitrogen functional groups attached to an aromatic ring is 1. The first-order chi connectivity index (χ1) is 8.19. The van der Waals surface area contributed by atoms with Gasteiger partial charge in [0.05, 0.1) is 6.61 Å². The Morgan fingerprint density at radius 2 is 1.82 bits per heavy atom. The summed E-state index contributed by atoms with van der Waals surface area (Å²) in [6, 6.07) is 12.2. The highest BCUT2D eigenvalue weighted by Crippen LogP contribution is 2.27. The van der Waals surface area contributed by atoms with E-state index in [1.54, 1.807) is 42.5 Å². The van der Waals surface area contributed by atoms with Gasteiger partial charge >= 0.3 is 0 Å². The van der Waals surface area contributed by atoms with Crippen LogP contribution in [0.4, 0.5) is 5.69 Å². The van der Waals surface area contributed by atoms with Crippen molar-refractivity contribution in [3.8, 4) is 11.5 Å². The Kier molecular flexibility index (Phi) is 3.52. The van der Waals surface area contributed by atoms with E-state index >= 15 is 0 Å². The number of halogens is 1. The van der Waals surface area contributed by atoms with Crippen LogP contribution in [0.5, 0.6) is 11.5 Å². The fraction of sp³-hybridized carbons (Fsp3) is 0.0769. The van der Waals surface area contributed by atoms with E-state index in [9.17, 15) is 5.11 Å². The van der Waals surface area contributed by atoms with E-state index in [1.165, 1.54) is 0 Å². The summed E-state index contributed by atoms with van der Waals surface area (Å²) in [5.41, 5.74) is 6.88. The molecule has 17 heavy (non-hydrogen) atoms. The number of hydrogen-bond acceptors (Lipinski definition) is 3. The van der Waals surface area contributed by atoms with Crippen molar-refractivity contribution in [3.05, 3.63) is 53.1 Å². The summed E-state index contributed by atoms with van der Waals surface area (Å²) in [5.74, 6) is 1.25. The summed E-state index contributed by atoms with van der Waals surface area (Å²) in [7, 11) is 0. The average Bonchev–Trinajstić information content (AvgIpc) is 2.34. The molecular formula is C13H12ClNO2. The quantitative estimate of drug-likeness (QED) is 0.822. The molecule has 0 aromatic heterocycles. The first-order valence-electron chi connectivity index (χ1n) is 5.12. The van der Waals surface area contributed by atoms with Crippen molar-refractivity contribution in [1.82, 2.24) is 0 Å². The fourth-order valence-corrected chi connectivity index (χ4v) is 1.58. The van der Waals surface area contributed by atoms with Crippen LogP contribution in [0, 0.1) is 0 Å². The lowest BCUT2D eigenvalue weighted by atomic mass is 10.2. The molecule has 0 bridgehead atoms. The molecule has 0 spiro atoms. The molecule has 0 aliphatic heterocycles. The third-order valence-electron chi connectivity index (χ3n) is 2.30. The molecule has 0 heterocycles. The van der Waals surface area contributed by atoms with E-state index in [4.69, 9.17) is 22.1 Å².